The predicted octanol–water partition coefficient (Wildman–Crippen LogP) is 3.70. The van der Waals surface area contributed by atoms with Crippen molar-refractivity contribution in [2.75, 3.05) is 11.9 Å². The summed E-state index contributed by atoms with van der Waals surface area (Å²) in [6, 6.07) is 8.92. The number of nitrogens with zero attached hydrogens (tertiary/aromatic N) is 2. The average molecular weight is 381 g/mol. The maximum Gasteiger partial charge on any atom is 0.138 e. The van der Waals surface area contributed by atoms with Gasteiger partial charge in [-0.25, -0.2) is 0 Å². The molecular weight excluding hydrogens is 364 g/mol. The van der Waals surface area contributed by atoms with E-state index in [1.165, 1.54) is 0 Å². The van der Waals surface area contributed by atoms with E-state index in [0.29, 0.717) is 39.0 Å². The number of rotatable bonds is 5. The van der Waals surface area contributed by atoms with Crippen LogP contribution in [0.25, 0.3) is 12.2 Å². The average Bonchev–Trinajstić information content (AvgIpc) is 2.83. The Morgan fingerprint density at radius 2 is 2.26 bits per heavy atom. The van der Waals surface area contributed by atoms with E-state index in [0.717, 1.165) is 5.57 Å². The number of fused-ring (bicyclic) bond motifs is 1. The highest BCUT2D eigenvalue weighted by Gasteiger charge is 2.14. The molecule has 0 radical (unpaired) electrons. The fourth-order valence-electron chi connectivity index (χ4n) is 2.48. The van der Waals surface area contributed by atoms with E-state index >= 15 is 0 Å². The first-order valence-corrected chi connectivity index (χ1v) is 8.56. The molecule has 1 aliphatic carbocycles. The summed E-state index contributed by atoms with van der Waals surface area (Å²) >= 11 is 6.25. The molecule has 0 amide bonds. The Morgan fingerprint density at radius 3 is 2.96 bits per heavy atom. The fraction of sp³-hybridized carbons (Fsp3) is 0.150. The number of aliphatic hydroxyl groups excluding tert-OH is 1. The van der Waals surface area contributed by atoms with Gasteiger partial charge in [-0.15, -0.1) is 5.73 Å². The van der Waals surface area contributed by atoms with Crippen LogP contribution in [-0.4, -0.2) is 22.9 Å². The summed E-state index contributed by atoms with van der Waals surface area (Å²) in [7, 11) is 0. The summed E-state index contributed by atoms with van der Waals surface area (Å²) in [5, 5.41) is 22.1. The van der Waals surface area contributed by atoms with Crippen molar-refractivity contribution in [1.82, 2.24) is 4.98 Å². The molecule has 0 aliphatic heterocycles. The largest absolute Gasteiger partial charge is 0.457 e. The number of nitriles is 1. The second kappa shape index (κ2) is 8.09. The first kappa shape index (κ1) is 18.7. The van der Waals surface area contributed by atoms with Crippen LogP contribution in [0.2, 0.25) is 5.02 Å². The van der Waals surface area contributed by atoms with Gasteiger partial charge in [-0.05, 0) is 31.2 Å². The van der Waals surface area contributed by atoms with Gasteiger partial charge < -0.3 is 20.9 Å². The molecule has 3 rings (SSSR count). The van der Waals surface area contributed by atoms with Crippen LogP contribution in [0, 0.1) is 11.3 Å². The lowest BCUT2D eigenvalue weighted by atomic mass is 10.1. The van der Waals surface area contributed by atoms with Crippen LogP contribution in [0.1, 0.15) is 18.2 Å². The van der Waals surface area contributed by atoms with E-state index in [-0.39, 0.29) is 6.54 Å². The standard InChI is InChI=1S/C20H17ClN4O2/c1-12-2-4-17-15(8-13(12)10-22)19(6-7-24-17)27-14-3-5-18(16(21)9-14)25-20(26)11-23/h3-9,20,25-26H,11,23H2,1H3. The summed E-state index contributed by atoms with van der Waals surface area (Å²) in [5.74, 6) is 1.05. The van der Waals surface area contributed by atoms with Crippen molar-refractivity contribution in [2.24, 2.45) is 5.73 Å². The summed E-state index contributed by atoms with van der Waals surface area (Å²) in [6.45, 7) is 1.88. The van der Waals surface area contributed by atoms with Gasteiger partial charge in [0.05, 0.1) is 22.0 Å². The molecule has 27 heavy (non-hydrogen) atoms. The molecule has 0 bridgehead atoms. The molecule has 2 aromatic rings. The van der Waals surface area contributed by atoms with Crippen molar-refractivity contribution < 1.29 is 9.84 Å². The highest BCUT2D eigenvalue weighted by atomic mass is 35.5. The number of hydrogen-bond acceptors (Lipinski definition) is 6. The number of pyridine rings is 1. The minimum Gasteiger partial charge on any atom is -0.457 e. The number of nitrogens with two attached hydrogens (primary N) is 1. The van der Waals surface area contributed by atoms with Crippen LogP contribution in [0.3, 0.4) is 0 Å². The number of benzene rings is 1. The van der Waals surface area contributed by atoms with Crippen LogP contribution < -0.4 is 15.8 Å². The molecule has 0 spiro atoms. The maximum atomic E-state index is 9.59. The molecule has 1 unspecified atom stereocenters. The first-order chi connectivity index (χ1) is 13.0. The van der Waals surface area contributed by atoms with Crippen LogP contribution in [0.4, 0.5) is 5.69 Å². The third-order valence-electron chi connectivity index (χ3n) is 3.93. The van der Waals surface area contributed by atoms with E-state index in [9.17, 15) is 10.4 Å². The lowest BCUT2D eigenvalue weighted by molar-refractivity contribution is 0.212. The topological polar surface area (TPSA) is 104 Å². The zero-order valence-electron chi connectivity index (χ0n) is 14.5. The number of ether oxygens (including phenoxy) is 1. The number of aromatic nitrogens is 1. The summed E-state index contributed by atoms with van der Waals surface area (Å²) < 4.78 is 5.98. The Bertz CT molecular complexity index is 1020. The molecule has 4 N–H and O–H groups in total. The molecule has 1 aromatic heterocycles. The molecule has 0 saturated heterocycles. The summed E-state index contributed by atoms with van der Waals surface area (Å²) in [5.41, 5.74) is 11.6. The summed E-state index contributed by atoms with van der Waals surface area (Å²) in [4.78, 5) is 4.32. The van der Waals surface area contributed by atoms with Gasteiger partial charge in [0.1, 0.15) is 23.8 Å². The normalized spacial score (nSPS) is 13.6. The van der Waals surface area contributed by atoms with Gasteiger partial charge >= 0.3 is 0 Å². The van der Waals surface area contributed by atoms with E-state index in [1.807, 2.05) is 6.92 Å². The Labute approximate surface area is 161 Å². The molecular formula is C20H17ClN4O2. The molecule has 0 fully saturated rings. The van der Waals surface area contributed by atoms with Gasteiger partial charge in [-0.2, -0.15) is 5.26 Å². The van der Waals surface area contributed by atoms with Crippen LogP contribution >= 0.6 is 11.6 Å². The summed E-state index contributed by atoms with van der Waals surface area (Å²) in [6.07, 6.45) is 4.20. The fourth-order valence-corrected chi connectivity index (χ4v) is 2.71. The highest BCUT2D eigenvalue weighted by molar-refractivity contribution is 6.33. The molecule has 1 aliphatic rings. The van der Waals surface area contributed by atoms with Crippen molar-refractivity contribution >= 4 is 29.4 Å². The molecule has 6 nitrogen and oxygen atoms in total. The van der Waals surface area contributed by atoms with Crippen molar-refractivity contribution in [3.8, 4) is 17.6 Å². The van der Waals surface area contributed by atoms with Gasteiger partial charge in [0.15, 0.2) is 0 Å². The molecule has 7 heteroatoms. The maximum absolute atomic E-state index is 9.59. The van der Waals surface area contributed by atoms with Crippen molar-refractivity contribution in [3.05, 3.63) is 63.6 Å². The second-order valence-electron chi connectivity index (χ2n) is 5.83. The van der Waals surface area contributed by atoms with Crippen molar-refractivity contribution in [3.63, 3.8) is 0 Å². The predicted molar refractivity (Wildman–Crippen MR) is 105 cm³/mol. The van der Waals surface area contributed by atoms with E-state index in [2.05, 4.69) is 22.1 Å². The van der Waals surface area contributed by atoms with Gasteiger partial charge in [0.2, 0.25) is 0 Å². The van der Waals surface area contributed by atoms with Gasteiger partial charge in [-0.1, -0.05) is 11.6 Å². The van der Waals surface area contributed by atoms with Crippen LogP contribution in [-0.2, 0) is 0 Å². The number of nitrogens with one attached hydrogen (secondary N) is 1. The smallest absolute Gasteiger partial charge is 0.138 e. The van der Waals surface area contributed by atoms with Gasteiger partial charge in [0, 0.05) is 36.0 Å². The number of hydrogen-bond donors (Lipinski definition) is 3. The van der Waals surface area contributed by atoms with Crippen molar-refractivity contribution in [2.45, 2.75) is 13.2 Å². The Morgan fingerprint density at radius 1 is 1.44 bits per heavy atom. The molecule has 0 saturated carbocycles. The number of allylic oxidation sites excluding steroid dienone is 2. The lowest BCUT2D eigenvalue weighted by Crippen LogP contribution is -2.28. The monoisotopic (exact) mass is 380 g/mol. The zero-order chi connectivity index (χ0) is 19.4. The third kappa shape index (κ3) is 4.20. The SMILES string of the molecule is CC1=C=Cc2nccc(Oc3ccc(NC(O)CN)c(Cl)c3)c2C=C1C#N. The molecule has 1 heterocycles. The van der Waals surface area contributed by atoms with Gasteiger partial charge in [0.25, 0.3) is 0 Å². The Balaban J connectivity index is 1.93. The van der Waals surface area contributed by atoms with E-state index < -0.39 is 6.23 Å². The quantitative estimate of drug-likeness (QED) is 0.539. The zero-order valence-corrected chi connectivity index (χ0v) is 15.3. The number of aliphatic hydroxyl groups is 1. The lowest BCUT2D eigenvalue weighted by Gasteiger charge is -2.15. The van der Waals surface area contributed by atoms with Gasteiger partial charge in [-0.3, -0.25) is 4.98 Å². The Hall–Kier alpha value is -3.07. The van der Waals surface area contributed by atoms with Crippen LogP contribution in [0.5, 0.6) is 11.5 Å². The molecule has 1 atom stereocenters. The third-order valence-corrected chi connectivity index (χ3v) is 4.25. The van der Waals surface area contributed by atoms with E-state index in [4.69, 9.17) is 22.1 Å². The minimum absolute atomic E-state index is 0.0618. The number of halogens is 1. The second-order valence-corrected chi connectivity index (χ2v) is 6.24. The number of anilines is 1. The van der Waals surface area contributed by atoms with E-state index in [1.54, 1.807) is 42.6 Å². The Kier molecular flexibility index (Phi) is 5.60. The van der Waals surface area contributed by atoms with Crippen LogP contribution in [0.15, 0.2) is 47.3 Å². The molecule has 136 valence electrons. The molecule has 1 aromatic carbocycles. The minimum atomic E-state index is -0.887. The highest BCUT2D eigenvalue weighted by Crippen LogP contribution is 2.34. The first-order valence-electron chi connectivity index (χ1n) is 8.18. The van der Waals surface area contributed by atoms with Crippen molar-refractivity contribution in [1.29, 1.82) is 5.26 Å².